The maximum atomic E-state index is 8.82. The fourth-order valence-electron chi connectivity index (χ4n) is 3.94. The lowest BCUT2D eigenvalue weighted by atomic mass is 9.83. The highest BCUT2D eigenvalue weighted by Crippen LogP contribution is 2.30. The lowest BCUT2D eigenvalue weighted by Crippen LogP contribution is -2.52. The van der Waals surface area contributed by atoms with Crippen LogP contribution in [0.2, 0.25) is 0 Å². The molecule has 0 aromatic rings. The molecule has 0 saturated carbocycles. The summed E-state index contributed by atoms with van der Waals surface area (Å²) in [5.41, 5.74) is 5.54. The minimum Gasteiger partial charge on any atom is -0.409 e. The topological polar surface area (TPSA) is 65.1 Å². The molecule has 2 heterocycles. The molecule has 2 rings (SSSR count). The molecular formula is C16H32N4O. The third-order valence-electron chi connectivity index (χ3n) is 5.51. The van der Waals surface area contributed by atoms with Crippen LogP contribution in [0.4, 0.5) is 0 Å². The van der Waals surface area contributed by atoms with Gasteiger partial charge in [-0.1, -0.05) is 19.0 Å². The zero-order valence-corrected chi connectivity index (χ0v) is 13.9. The number of piperidine rings is 2. The Balaban J connectivity index is 1.75. The molecule has 2 aliphatic rings. The van der Waals surface area contributed by atoms with Crippen molar-refractivity contribution in [3.63, 3.8) is 0 Å². The molecule has 3 N–H and O–H groups in total. The highest BCUT2D eigenvalue weighted by Gasteiger charge is 2.34. The van der Waals surface area contributed by atoms with Crippen LogP contribution in [0.25, 0.3) is 0 Å². The van der Waals surface area contributed by atoms with Crippen LogP contribution in [0, 0.1) is 11.3 Å². The van der Waals surface area contributed by atoms with Gasteiger partial charge in [-0.05, 0) is 64.7 Å². The van der Waals surface area contributed by atoms with Gasteiger partial charge in [0.05, 0.1) is 0 Å². The third-order valence-corrected chi connectivity index (χ3v) is 5.51. The van der Waals surface area contributed by atoms with Crippen LogP contribution >= 0.6 is 0 Å². The molecule has 122 valence electrons. The van der Waals surface area contributed by atoms with Gasteiger partial charge in [-0.15, -0.1) is 0 Å². The van der Waals surface area contributed by atoms with E-state index < -0.39 is 0 Å². The van der Waals surface area contributed by atoms with E-state index in [1.54, 1.807) is 0 Å². The SMILES string of the molecule is CN1CCCC2CN(CCCC(C)(C)C(N)=NO)CCC21. The molecule has 0 aromatic heterocycles. The van der Waals surface area contributed by atoms with Gasteiger partial charge in [0.15, 0.2) is 0 Å². The van der Waals surface area contributed by atoms with E-state index >= 15 is 0 Å². The normalized spacial score (nSPS) is 29.4. The van der Waals surface area contributed by atoms with Crippen molar-refractivity contribution < 1.29 is 5.21 Å². The lowest BCUT2D eigenvalue weighted by Gasteiger charge is -2.46. The highest BCUT2D eigenvalue weighted by atomic mass is 16.4. The second-order valence-corrected chi connectivity index (χ2v) is 7.51. The fourth-order valence-corrected chi connectivity index (χ4v) is 3.94. The Morgan fingerprint density at radius 3 is 2.81 bits per heavy atom. The van der Waals surface area contributed by atoms with Crippen LogP contribution in [-0.2, 0) is 0 Å². The average Bonchev–Trinajstić information content (AvgIpc) is 2.46. The maximum Gasteiger partial charge on any atom is 0.144 e. The molecule has 0 radical (unpaired) electrons. The molecule has 2 saturated heterocycles. The van der Waals surface area contributed by atoms with Crippen molar-refractivity contribution in [1.82, 2.24) is 9.80 Å². The molecule has 0 spiro atoms. The van der Waals surface area contributed by atoms with Gasteiger partial charge in [0.1, 0.15) is 5.84 Å². The molecule has 2 atom stereocenters. The molecule has 21 heavy (non-hydrogen) atoms. The van der Waals surface area contributed by atoms with Crippen molar-refractivity contribution in [3.8, 4) is 0 Å². The fraction of sp³-hybridized carbons (Fsp3) is 0.938. The minimum absolute atomic E-state index is 0.210. The molecule has 5 nitrogen and oxygen atoms in total. The van der Waals surface area contributed by atoms with E-state index in [1.165, 1.54) is 38.9 Å². The number of rotatable bonds is 5. The number of nitrogens with zero attached hydrogens (tertiary/aromatic N) is 3. The van der Waals surface area contributed by atoms with Gasteiger partial charge in [0.2, 0.25) is 0 Å². The molecule has 2 fully saturated rings. The summed E-state index contributed by atoms with van der Waals surface area (Å²) in [6, 6.07) is 0.809. The van der Waals surface area contributed by atoms with Crippen LogP contribution in [0.1, 0.15) is 46.0 Å². The summed E-state index contributed by atoms with van der Waals surface area (Å²) in [6.45, 7) is 8.97. The summed E-state index contributed by atoms with van der Waals surface area (Å²) in [7, 11) is 2.28. The second kappa shape index (κ2) is 6.97. The van der Waals surface area contributed by atoms with Gasteiger partial charge in [0.25, 0.3) is 0 Å². The van der Waals surface area contributed by atoms with Gasteiger partial charge in [0, 0.05) is 18.0 Å². The summed E-state index contributed by atoms with van der Waals surface area (Å²) in [6.07, 6.45) is 6.12. The molecular weight excluding hydrogens is 264 g/mol. The van der Waals surface area contributed by atoms with Gasteiger partial charge >= 0.3 is 0 Å². The predicted molar refractivity (Wildman–Crippen MR) is 86.6 cm³/mol. The van der Waals surface area contributed by atoms with E-state index in [-0.39, 0.29) is 5.41 Å². The third kappa shape index (κ3) is 4.10. The first-order chi connectivity index (χ1) is 9.94. The minimum atomic E-state index is -0.210. The standard InChI is InChI=1S/C16H32N4O/c1-16(2,15(17)18-21)8-5-10-20-11-7-14-13(12-20)6-4-9-19(14)3/h13-14,21H,4-12H2,1-3H3,(H2,17,18). The summed E-state index contributed by atoms with van der Waals surface area (Å²) in [5, 5.41) is 12.0. The Kier molecular flexibility index (Phi) is 5.49. The molecule has 2 unspecified atom stereocenters. The monoisotopic (exact) mass is 296 g/mol. The zero-order chi connectivity index (χ0) is 15.5. The highest BCUT2D eigenvalue weighted by molar-refractivity contribution is 5.85. The van der Waals surface area contributed by atoms with Crippen molar-refractivity contribution >= 4 is 5.84 Å². The Morgan fingerprint density at radius 1 is 1.33 bits per heavy atom. The van der Waals surface area contributed by atoms with Gasteiger partial charge in [-0.25, -0.2) is 0 Å². The summed E-state index contributed by atoms with van der Waals surface area (Å²) >= 11 is 0. The lowest BCUT2D eigenvalue weighted by molar-refractivity contribution is 0.0374. The van der Waals surface area contributed by atoms with Gasteiger partial charge in [-0.3, -0.25) is 0 Å². The van der Waals surface area contributed by atoms with E-state index in [0.29, 0.717) is 5.84 Å². The number of amidine groups is 1. The number of nitrogens with two attached hydrogens (primary N) is 1. The van der Waals surface area contributed by atoms with E-state index in [1.807, 2.05) is 13.8 Å². The van der Waals surface area contributed by atoms with E-state index in [2.05, 4.69) is 22.0 Å². The van der Waals surface area contributed by atoms with Crippen molar-refractivity contribution in [2.24, 2.45) is 22.2 Å². The summed E-state index contributed by atoms with van der Waals surface area (Å²) in [5.74, 6) is 1.20. The first-order valence-electron chi connectivity index (χ1n) is 8.34. The second-order valence-electron chi connectivity index (χ2n) is 7.51. The summed E-state index contributed by atoms with van der Waals surface area (Å²) in [4.78, 5) is 5.18. The smallest absolute Gasteiger partial charge is 0.144 e. The van der Waals surface area contributed by atoms with Crippen molar-refractivity contribution in [2.75, 3.05) is 33.2 Å². The van der Waals surface area contributed by atoms with Crippen LogP contribution in [0.3, 0.4) is 0 Å². The van der Waals surface area contributed by atoms with E-state index in [9.17, 15) is 0 Å². The van der Waals surface area contributed by atoms with Crippen LogP contribution in [0.5, 0.6) is 0 Å². The van der Waals surface area contributed by atoms with Crippen LogP contribution in [0.15, 0.2) is 5.16 Å². The molecule has 0 aromatic carbocycles. The van der Waals surface area contributed by atoms with Crippen LogP contribution in [-0.4, -0.2) is 60.1 Å². The maximum absolute atomic E-state index is 8.82. The Hall–Kier alpha value is -0.810. The molecule has 0 amide bonds. The Morgan fingerprint density at radius 2 is 2.10 bits per heavy atom. The van der Waals surface area contributed by atoms with Crippen LogP contribution < -0.4 is 5.73 Å². The predicted octanol–water partition coefficient (Wildman–Crippen LogP) is 1.96. The zero-order valence-electron chi connectivity index (χ0n) is 13.9. The van der Waals surface area contributed by atoms with Crippen molar-refractivity contribution in [1.29, 1.82) is 0 Å². The molecule has 0 bridgehead atoms. The Bertz CT molecular complexity index is 369. The van der Waals surface area contributed by atoms with E-state index in [0.717, 1.165) is 31.3 Å². The number of fused-ring (bicyclic) bond motifs is 1. The number of hydrogen-bond acceptors (Lipinski definition) is 4. The van der Waals surface area contributed by atoms with Gasteiger partial charge < -0.3 is 20.7 Å². The molecule has 0 aliphatic carbocycles. The van der Waals surface area contributed by atoms with Gasteiger partial charge in [-0.2, -0.15) is 0 Å². The van der Waals surface area contributed by atoms with Crippen molar-refractivity contribution in [2.45, 2.75) is 52.0 Å². The quantitative estimate of drug-likeness (QED) is 0.352. The number of oxime groups is 1. The first-order valence-corrected chi connectivity index (χ1v) is 8.34. The number of likely N-dealkylation sites (tertiary alicyclic amines) is 2. The number of hydrogen-bond donors (Lipinski definition) is 2. The van der Waals surface area contributed by atoms with E-state index in [4.69, 9.17) is 10.9 Å². The molecule has 2 aliphatic heterocycles. The Labute approximate surface area is 129 Å². The molecule has 5 heteroatoms. The first kappa shape index (κ1) is 16.6. The largest absolute Gasteiger partial charge is 0.409 e. The average molecular weight is 296 g/mol. The van der Waals surface area contributed by atoms with Crippen molar-refractivity contribution in [3.05, 3.63) is 0 Å². The summed E-state index contributed by atoms with van der Waals surface area (Å²) < 4.78 is 0.